The number of amides is 1. The van der Waals surface area contributed by atoms with Gasteiger partial charge in [-0.2, -0.15) is 5.10 Å². The zero-order chi connectivity index (χ0) is 20.4. The van der Waals surface area contributed by atoms with Crippen LogP contribution < -0.4 is 10.9 Å². The molecule has 3 aromatic rings. The summed E-state index contributed by atoms with van der Waals surface area (Å²) in [5.74, 6) is -0.279. The number of nitrogens with one attached hydrogen (secondary N) is 1. The molecule has 0 unspecified atom stereocenters. The number of aryl methyl sites for hydroxylation is 4. The van der Waals surface area contributed by atoms with E-state index in [1.807, 2.05) is 64.1 Å². The predicted octanol–water partition coefficient (Wildman–Crippen LogP) is 4.34. The van der Waals surface area contributed by atoms with Gasteiger partial charge in [0.15, 0.2) is 0 Å². The number of carbonyl (C=O) groups excluding carboxylic acids is 1. The minimum absolute atomic E-state index is 0.279. The summed E-state index contributed by atoms with van der Waals surface area (Å²) in [6.07, 6.45) is 0. The molecule has 0 spiro atoms. The lowest BCUT2D eigenvalue weighted by molar-refractivity contribution is -0.119. The maximum Gasteiger partial charge on any atom is 0.267 e. The molecular weight excluding hydrogens is 350 g/mol. The standard InChI is InChI=1S/C23H25N3O2/c1-14-6-9-20(17(4)12-14)24-23(28)18(5)26-22(27)11-10-21(25-26)19-8-7-15(2)16(3)13-19/h6-13,18H,1-5H3,(H,24,28)/t18-/m0/s1. The second kappa shape index (κ2) is 7.80. The monoisotopic (exact) mass is 375 g/mol. The fraction of sp³-hybridized carbons (Fsp3) is 0.261. The Balaban J connectivity index is 1.90. The van der Waals surface area contributed by atoms with Crippen molar-refractivity contribution in [2.45, 2.75) is 40.7 Å². The summed E-state index contributed by atoms with van der Waals surface area (Å²) in [7, 11) is 0. The summed E-state index contributed by atoms with van der Waals surface area (Å²) in [6.45, 7) is 9.71. The molecule has 2 aromatic carbocycles. The van der Waals surface area contributed by atoms with Crippen molar-refractivity contribution in [3.63, 3.8) is 0 Å². The topological polar surface area (TPSA) is 64.0 Å². The van der Waals surface area contributed by atoms with Crippen LogP contribution in [0.4, 0.5) is 5.69 Å². The van der Waals surface area contributed by atoms with Gasteiger partial charge in [-0.3, -0.25) is 9.59 Å². The molecule has 1 heterocycles. The highest BCUT2D eigenvalue weighted by Crippen LogP contribution is 2.21. The van der Waals surface area contributed by atoms with E-state index < -0.39 is 6.04 Å². The van der Waals surface area contributed by atoms with Gasteiger partial charge >= 0.3 is 0 Å². The van der Waals surface area contributed by atoms with Crippen molar-refractivity contribution in [2.24, 2.45) is 0 Å². The summed E-state index contributed by atoms with van der Waals surface area (Å²) >= 11 is 0. The zero-order valence-corrected chi connectivity index (χ0v) is 16.9. The summed E-state index contributed by atoms with van der Waals surface area (Å²) in [5.41, 5.74) is 6.45. The molecule has 5 heteroatoms. The van der Waals surface area contributed by atoms with Crippen molar-refractivity contribution in [2.75, 3.05) is 5.32 Å². The zero-order valence-electron chi connectivity index (χ0n) is 16.9. The van der Waals surface area contributed by atoms with Crippen LogP contribution in [-0.2, 0) is 4.79 Å². The molecule has 1 amide bonds. The van der Waals surface area contributed by atoms with E-state index in [2.05, 4.69) is 10.4 Å². The van der Waals surface area contributed by atoms with E-state index in [0.717, 1.165) is 27.9 Å². The first-order chi connectivity index (χ1) is 13.3. The van der Waals surface area contributed by atoms with E-state index in [1.165, 1.54) is 16.3 Å². The molecule has 3 rings (SSSR count). The number of nitrogens with zero attached hydrogens (tertiary/aromatic N) is 2. The van der Waals surface area contributed by atoms with Gasteiger partial charge in [0.1, 0.15) is 6.04 Å². The van der Waals surface area contributed by atoms with Gasteiger partial charge in [-0.1, -0.05) is 29.8 Å². The molecule has 0 saturated carbocycles. The van der Waals surface area contributed by atoms with Crippen LogP contribution in [0.25, 0.3) is 11.3 Å². The Labute approximate surface area is 165 Å². The van der Waals surface area contributed by atoms with Crippen molar-refractivity contribution in [1.82, 2.24) is 9.78 Å². The van der Waals surface area contributed by atoms with Gasteiger partial charge < -0.3 is 5.32 Å². The van der Waals surface area contributed by atoms with Crippen LogP contribution in [0.2, 0.25) is 0 Å². The molecular formula is C23H25N3O2. The lowest BCUT2D eigenvalue weighted by atomic mass is 10.0. The molecule has 0 radical (unpaired) electrons. The Hall–Kier alpha value is -3.21. The van der Waals surface area contributed by atoms with E-state index in [0.29, 0.717) is 5.69 Å². The Kier molecular flexibility index (Phi) is 5.45. The van der Waals surface area contributed by atoms with Crippen molar-refractivity contribution >= 4 is 11.6 Å². The first-order valence-electron chi connectivity index (χ1n) is 9.32. The second-order valence-corrected chi connectivity index (χ2v) is 7.28. The number of anilines is 1. The fourth-order valence-corrected chi connectivity index (χ4v) is 3.06. The van der Waals surface area contributed by atoms with E-state index in [9.17, 15) is 9.59 Å². The van der Waals surface area contributed by atoms with Crippen LogP contribution in [0.3, 0.4) is 0 Å². The average Bonchev–Trinajstić information content (AvgIpc) is 2.66. The first kappa shape index (κ1) is 19.5. The highest BCUT2D eigenvalue weighted by molar-refractivity contribution is 5.94. The third kappa shape index (κ3) is 4.03. The Bertz CT molecular complexity index is 1100. The van der Waals surface area contributed by atoms with E-state index in [-0.39, 0.29) is 11.5 Å². The molecule has 0 aliphatic rings. The van der Waals surface area contributed by atoms with Gasteiger partial charge in [0, 0.05) is 17.3 Å². The molecule has 28 heavy (non-hydrogen) atoms. The first-order valence-corrected chi connectivity index (χ1v) is 9.32. The lowest BCUT2D eigenvalue weighted by Gasteiger charge is -2.16. The molecule has 0 aliphatic carbocycles. The maximum atomic E-state index is 12.7. The number of aromatic nitrogens is 2. The molecule has 1 aromatic heterocycles. The van der Waals surface area contributed by atoms with Gasteiger partial charge in [-0.15, -0.1) is 0 Å². The highest BCUT2D eigenvalue weighted by atomic mass is 16.2. The minimum Gasteiger partial charge on any atom is -0.324 e. The number of hydrogen-bond acceptors (Lipinski definition) is 3. The van der Waals surface area contributed by atoms with Gasteiger partial charge in [0.25, 0.3) is 5.56 Å². The maximum absolute atomic E-state index is 12.7. The quantitative estimate of drug-likeness (QED) is 0.738. The van der Waals surface area contributed by atoms with Crippen LogP contribution in [0.5, 0.6) is 0 Å². The largest absolute Gasteiger partial charge is 0.324 e. The number of rotatable bonds is 4. The summed E-state index contributed by atoms with van der Waals surface area (Å²) in [6, 6.07) is 14.3. The smallest absolute Gasteiger partial charge is 0.267 e. The molecule has 0 bridgehead atoms. The fourth-order valence-electron chi connectivity index (χ4n) is 3.06. The third-order valence-electron chi connectivity index (χ3n) is 5.01. The van der Waals surface area contributed by atoms with E-state index >= 15 is 0 Å². The Morgan fingerprint density at radius 2 is 1.68 bits per heavy atom. The number of carbonyl (C=O) groups is 1. The number of benzene rings is 2. The van der Waals surface area contributed by atoms with E-state index in [1.54, 1.807) is 13.0 Å². The highest BCUT2D eigenvalue weighted by Gasteiger charge is 2.19. The van der Waals surface area contributed by atoms with Gasteiger partial charge in [-0.25, -0.2) is 4.68 Å². The van der Waals surface area contributed by atoms with Gasteiger partial charge in [0.05, 0.1) is 5.69 Å². The molecule has 1 N–H and O–H groups in total. The van der Waals surface area contributed by atoms with Gasteiger partial charge in [0.2, 0.25) is 5.91 Å². The van der Waals surface area contributed by atoms with Crippen molar-refractivity contribution in [3.05, 3.63) is 81.1 Å². The summed E-state index contributed by atoms with van der Waals surface area (Å²) < 4.78 is 1.24. The van der Waals surface area contributed by atoms with Crippen LogP contribution >= 0.6 is 0 Å². The summed E-state index contributed by atoms with van der Waals surface area (Å²) in [5, 5.41) is 7.36. The molecule has 0 saturated heterocycles. The Morgan fingerprint density at radius 1 is 0.929 bits per heavy atom. The molecule has 0 fully saturated rings. The summed E-state index contributed by atoms with van der Waals surface area (Å²) in [4.78, 5) is 25.1. The van der Waals surface area contributed by atoms with Crippen LogP contribution in [-0.4, -0.2) is 15.7 Å². The van der Waals surface area contributed by atoms with Crippen LogP contribution in [0.1, 0.15) is 35.2 Å². The van der Waals surface area contributed by atoms with Gasteiger partial charge in [-0.05, 0) is 69.5 Å². The second-order valence-electron chi connectivity index (χ2n) is 7.28. The number of hydrogen-bond donors (Lipinski definition) is 1. The SMILES string of the molecule is Cc1ccc(NC(=O)[C@H](C)n2nc(-c3ccc(C)c(C)c3)ccc2=O)c(C)c1. The van der Waals surface area contributed by atoms with Crippen LogP contribution in [0, 0.1) is 27.7 Å². The lowest BCUT2D eigenvalue weighted by Crippen LogP contribution is -2.33. The molecule has 144 valence electrons. The molecule has 1 atom stereocenters. The minimum atomic E-state index is -0.736. The van der Waals surface area contributed by atoms with Crippen molar-refractivity contribution in [1.29, 1.82) is 0 Å². The normalized spacial score (nSPS) is 11.9. The Morgan fingerprint density at radius 3 is 2.36 bits per heavy atom. The average molecular weight is 375 g/mol. The third-order valence-corrected chi connectivity index (χ3v) is 5.01. The van der Waals surface area contributed by atoms with Crippen LogP contribution in [0.15, 0.2) is 53.3 Å². The molecule has 0 aliphatic heterocycles. The molecule has 5 nitrogen and oxygen atoms in total. The van der Waals surface area contributed by atoms with Crippen molar-refractivity contribution < 1.29 is 4.79 Å². The van der Waals surface area contributed by atoms with E-state index in [4.69, 9.17) is 0 Å². The predicted molar refractivity (Wildman–Crippen MR) is 113 cm³/mol. The van der Waals surface area contributed by atoms with Crippen molar-refractivity contribution in [3.8, 4) is 11.3 Å².